The number of anilines is 1. The van der Waals surface area contributed by atoms with Gasteiger partial charge in [0.25, 0.3) is 5.91 Å². The van der Waals surface area contributed by atoms with Crippen LogP contribution in [0.15, 0.2) is 42.5 Å². The molecule has 0 radical (unpaired) electrons. The van der Waals surface area contributed by atoms with Gasteiger partial charge in [-0.3, -0.25) is 4.79 Å². The number of benzene rings is 2. The zero-order valence-electron chi connectivity index (χ0n) is 17.6. The Morgan fingerprint density at radius 3 is 2.48 bits per heavy atom. The number of rotatable bonds is 13. The van der Waals surface area contributed by atoms with Crippen molar-refractivity contribution in [3.05, 3.63) is 58.6 Å². The average Bonchev–Trinajstić information content (AvgIpc) is 2.71. The molecule has 5 heteroatoms. The van der Waals surface area contributed by atoms with Crippen LogP contribution in [0.4, 0.5) is 5.69 Å². The summed E-state index contributed by atoms with van der Waals surface area (Å²) in [5, 5.41) is 6.96. The molecule has 0 bridgehead atoms. The first-order chi connectivity index (χ1) is 14.1. The predicted octanol–water partition coefficient (Wildman–Crippen LogP) is 6.12. The monoisotopic (exact) mass is 416 g/mol. The number of carbonyl (C=O) groups excluding carboxylic acids is 1. The lowest BCUT2D eigenvalue weighted by Gasteiger charge is -2.13. The van der Waals surface area contributed by atoms with Crippen molar-refractivity contribution in [3.63, 3.8) is 0 Å². The largest absolute Gasteiger partial charge is 0.483 e. The van der Waals surface area contributed by atoms with Gasteiger partial charge >= 0.3 is 0 Å². The molecule has 1 amide bonds. The molecule has 0 saturated carbocycles. The summed E-state index contributed by atoms with van der Waals surface area (Å²) in [7, 11) is 0. The highest BCUT2D eigenvalue weighted by Crippen LogP contribution is 2.23. The molecule has 0 aliphatic rings. The van der Waals surface area contributed by atoms with Gasteiger partial charge in [-0.15, -0.1) is 0 Å². The van der Waals surface area contributed by atoms with Crippen molar-refractivity contribution in [1.82, 2.24) is 5.32 Å². The molecular weight excluding hydrogens is 384 g/mol. The van der Waals surface area contributed by atoms with E-state index in [1.54, 1.807) is 6.07 Å². The fourth-order valence-electron chi connectivity index (χ4n) is 3.06. The first-order valence-corrected chi connectivity index (χ1v) is 10.9. The molecule has 0 spiro atoms. The van der Waals surface area contributed by atoms with E-state index in [-0.39, 0.29) is 12.5 Å². The number of ether oxygens (including phenoxy) is 1. The highest BCUT2D eigenvalue weighted by molar-refractivity contribution is 6.30. The Bertz CT molecular complexity index is 747. The van der Waals surface area contributed by atoms with Gasteiger partial charge < -0.3 is 15.4 Å². The minimum atomic E-state index is -0.185. The van der Waals surface area contributed by atoms with Gasteiger partial charge in [-0.1, -0.05) is 68.3 Å². The quantitative estimate of drug-likeness (QED) is 0.387. The van der Waals surface area contributed by atoms with Gasteiger partial charge in [0.15, 0.2) is 6.61 Å². The minimum absolute atomic E-state index is 0.0417. The average molecular weight is 417 g/mol. The number of unbranched alkanes of at least 4 members (excludes halogenated alkanes) is 5. The molecule has 158 valence electrons. The van der Waals surface area contributed by atoms with E-state index in [1.807, 2.05) is 43.3 Å². The Morgan fingerprint density at radius 1 is 1.00 bits per heavy atom. The summed E-state index contributed by atoms with van der Waals surface area (Å²) in [6, 6.07) is 13.2. The lowest BCUT2D eigenvalue weighted by atomic mass is 10.1. The normalized spacial score (nSPS) is 10.7. The zero-order chi connectivity index (χ0) is 20.9. The fraction of sp³-hybridized carbons (Fsp3) is 0.458. The smallest absolute Gasteiger partial charge is 0.262 e. The van der Waals surface area contributed by atoms with Crippen molar-refractivity contribution in [2.24, 2.45) is 0 Å². The van der Waals surface area contributed by atoms with Gasteiger partial charge in [0.1, 0.15) is 5.75 Å². The summed E-state index contributed by atoms with van der Waals surface area (Å²) in [4.78, 5) is 12.2. The van der Waals surface area contributed by atoms with Gasteiger partial charge in [-0.05, 0) is 50.2 Å². The maximum atomic E-state index is 12.2. The molecule has 0 saturated heterocycles. The summed E-state index contributed by atoms with van der Waals surface area (Å²) < 4.78 is 5.76. The molecule has 0 aliphatic heterocycles. The second-order valence-corrected chi connectivity index (χ2v) is 7.84. The Kier molecular flexibility index (Phi) is 10.6. The van der Waals surface area contributed by atoms with Crippen LogP contribution in [0.5, 0.6) is 5.75 Å². The maximum absolute atomic E-state index is 12.2. The van der Waals surface area contributed by atoms with Crippen LogP contribution in [-0.2, 0) is 11.3 Å². The Morgan fingerprint density at radius 2 is 1.72 bits per heavy atom. The molecule has 0 fully saturated rings. The van der Waals surface area contributed by atoms with E-state index >= 15 is 0 Å². The molecule has 0 unspecified atom stereocenters. The van der Waals surface area contributed by atoms with Crippen LogP contribution in [-0.4, -0.2) is 19.1 Å². The lowest BCUT2D eigenvalue weighted by molar-refractivity contribution is -0.118. The molecule has 4 nitrogen and oxygen atoms in total. The molecule has 0 aliphatic carbocycles. The number of hydrogen-bond donors (Lipinski definition) is 2. The fourth-order valence-corrected chi connectivity index (χ4v) is 3.25. The second-order valence-electron chi connectivity index (χ2n) is 7.40. The summed E-state index contributed by atoms with van der Waals surface area (Å²) in [6.07, 6.45) is 7.65. The van der Waals surface area contributed by atoms with E-state index in [9.17, 15) is 4.79 Å². The third-order valence-corrected chi connectivity index (χ3v) is 4.97. The van der Waals surface area contributed by atoms with Crippen molar-refractivity contribution in [3.8, 4) is 5.75 Å². The standard InChI is InChI=1S/C24H33ClN2O2/c1-3-4-5-6-7-8-15-26-17-20-16-21(25)11-14-23(20)29-18-24(28)27-22-12-9-19(2)10-13-22/h9-14,16,26H,3-8,15,17-18H2,1-2H3,(H,27,28). The second kappa shape index (κ2) is 13.2. The molecule has 0 aromatic heterocycles. The molecule has 0 heterocycles. The third-order valence-electron chi connectivity index (χ3n) is 4.74. The molecule has 2 aromatic rings. The van der Waals surface area contributed by atoms with E-state index in [1.165, 1.54) is 38.5 Å². The van der Waals surface area contributed by atoms with Gasteiger partial charge in [-0.2, -0.15) is 0 Å². The van der Waals surface area contributed by atoms with Crippen LogP contribution in [0.25, 0.3) is 0 Å². The van der Waals surface area contributed by atoms with Crippen molar-refractivity contribution >= 4 is 23.2 Å². The molecule has 2 aromatic carbocycles. The van der Waals surface area contributed by atoms with E-state index in [4.69, 9.17) is 16.3 Å². The Labute approximate surface area is 180 Å². The highest BCUT2D eigenvalue weighted by atomic mass is 35.5. The summed E-state index contributed by atoms with van der Waals surface area (Å²) >= 11 is 6.15. The van der Waals surface area contributed by atoms with E-state index in [2.05, 4.69) is 17.6 Å². The topological polar surface area (TPSA) is 50.4 Å². The molecule has 29 heavy (non-hydrogen) atoms. The van der Waals surface area contributed by atoms with Crippen LogP contribution in [0.3, 0.4) is 0 Å². The number of amides is 1. The number of hydrogen-bond acceptors (Lipinski definition) is 3. The lowest BCUT2D eigenvalue weighted by Crippen LogP contribution is -2.21. The summed E-state index contributed by atoms with van der Waals surface area (Å²) in [5.41, 5.74) is 2.88. The van der Waals surface area contributed by atoms with Gasteiger partial charge in [-0.25, -0.2) is 0 Å². The summed E-state index contributed by atoms with van der Waals surface area (Å²) in [6.45, 7) is 5.84. The van der Waals surface area contributed by atoms with Gasteiger partial charge in [0.05, 0.1) is 0 Å². The molecular formula is C24H33ClN2O2. The van der Waals surface area contributed by atoms with Crippen molar-refractivity contribution in [1.29, 1.82) is 0 Å². The van der Waals surface area contributed by atoms with Crippen molar-refractivity contribution in [2.45, 2.75) is 58.9 Å². The van der Waals surface area contributed by atoms with Gasteiger partial charge in [0.2, 0.25) is 0 Å². The number of carbonyl (C=O) groups is 1. The summed E-state index contributed by atoms with van der Waals surface area (Å²) in [5.74, 6) is 0.499. The van der Waals surface area contributed by atoms with Crippen LogP contribution in [0.2, 0.25) is 5.02 Å². The minimum Gasteiger partial charge on any atom is -0.483 e. The number of nitrogens with one attached hydrogen (secondary N) is 2. The van der Waals surface area contributed by atoms with Crippen LogP contribution in [0.1, 0.15) is 56.6 Å². The first kappa shape index (κ1) is 23.2. The van der Waals surface area contributed by atoms with Crippen LogP contribution >= 0.6 is 11.6 Å². The highest BCUT2D eigenvalue weighted by Gasteiger charge is 2.08. The molecule has 2 rings (SSSR count). The van der Waals surface area contributed by atoms with Gasteiger partial charge in [0, 0.05) is 22.8 Å². The first-order valence-electron chi connectivity index (χ1n) is 10.6. The van der Waals surface area contributed by atoms with E-state index < -0.39 is 0 Å². The Balaban J connectivity index is 1.76. The SMILES string of the molecule is CCCCCCCCNCc1cc(Cl)ccc1OCC(=O)Nc1ccc(C)cc1. The number of halogens is 1. The third kappa shape index (κ3) is 9.33. The van der Waals surface area contributed by atoms with Crippen molar-refractivity contribution in [2.75, 3.05) is 18.5 Å². The van der Waals surface area contributed by atoms with E-state index in [0.717, 1.165) is 23.4 Å². The van der Waals surface area contributed by atoms with Crippen LogP contribution in [0, 0.1) is 6.92 Å². The van der Waals surface area contributed by atoms with Crippen molar-refractivity contribution < 1.29 is 9.53 Å². The molecule has 0 atom stereocenters. The predicted molar refractivity (Wildman–Crippen MR) is 122 cm³/mol. The maximum Gasteiger partial charge on any atom is 0.262 e. The van der Waals surface area contributed by atoms with Crippen LogP contribution < -0.4 is 15.4 Å². The molecule has 2 N–H and O–H groups in total. The zero-order valence-corrected chi connectivity index (χ0v) is 18.4. The van der Waals surface area contributed by atoms with E-state index in [0.29, 0.717) is 17.3 Å². The number of aryl methyl sites for hydroxylation is 1. The Hall–Kier alpha value is -2.04.